The minimum atomic E-state index is -0.379. The fraction of sp³-hybridized carbons (Fsp3) is 0.905. The van der Waals surface area contributed by atoms with Crippen molar-refractivity contribution in [3.63, 3.8) is 0 Å². The maximum atomic E-state index is 13.0. The number of nitrogens with zero attached hydrogens (tertiary/aromatic N) is 1. The number of hydrogen-bond donors (Lipinski definition) is 0. The van der Waals surface area contributed by atoms with Gasteiger partial charge in [-0.3, -0.25) is 19.2 Å². The van der Waals surface area contributed by atoms with Crippen LogP contribution in [0.1, 0.15) is 213 Å². The topological polar surface area (TPSA) is 99.2 Å². The Kier molecular flexibility index (Phi) is 36.5. The van der Waals surface area contributed by atoms with Crippen LogP contribution in [0.15, 0.2) is 0 Å². The van der Waals surface area contributed by atoms with Crippen LogP contribution in [-0.2, 0) is 33.4 Å². The first-order valence-electron chi connectivity index (χ1n) is 21.2. The van der Waals surface area contributed by atoms with E-state index in [1.807, 2.05) is 0 Å². The van der Waals surface area contributed by atoms with Gasteiger partial charge in [0, 0.05) is 19.3 Å². The number of carbonyl (C=O) groups excluding carboxylic acids is 4. The molecule has 294 valence electrons. The van der Waals surface area contributed by atoms with Gasteiger partial charge < -0.3 is 19.1 Å². The summed E-state index contributed by atoms with van der Waals surface area (Å²) in [5, 5.41) is 0. The Balaban J connectivity index is 4.45. The maximum absolute atomic E-state index is 13.0. The zero-order chi connectivity index (χ0) is 36.8. The smallest absolute Gasteiger partial charge is 0.306 e. The molecule has 0 saturated carbocycles. The molecule has 0 aromatic rings. The van der Waals surface area contributed by atoms with E-state index in [0.29, 0.717) is 19.3 Å². The predicted molar refractivity (Wildman–Crippen MR) is 205 cm³/mol. The molecule has 0 fully saturated rings. The fourth-order valence-electron chi connectivity index (χ4n) is 6.09. The van der Waals surface area contributed by atoms with Gasteiger partial charge in [0.1, 0.15) is 13.2 Å². The van der Waals surface area contributed by atoms with E-state index in [1.54, 1.807) is 0 Å². The van der Waals surface area contributed by atoms with Crippen LogP contribution in [0.3, 0.4) is 0 Å². The molecule has 0 radical (unpaired) electrons. The molecule has 0 bridgehead atoms. The van der Waals surface area contributed by atoms with Crippen molar-refractivity contribution < 1.29 is 33.4 Å². The van der Waals surface area contributed by atoms with E-state index in [9.17, 15) is 19.2 Å². The molecule has 0 aliphatic carbocycles. The Morgan fingerprint density at radius 2 is 0.620 bits per heavy atom. The number of carbonyl (C=O) groups is 4. The van der Waals surface area contributed by atoms with E-state index in [1.165, 1.54) is 120 Å². The first-order chi connectivity index (χ1) is 24.4. The molecule has 8 heteroatoms. The highest BCUT2D eigenvalue weighted by atomic mass is 16.5. The van der Waals surface area contributed by atoms with Gasteiger partial charge in [-0.15, -0.1) is 0 Å². The Hall–Kier alpha value is -2.12. The van der Waals surface area contributed by atoms with Gasteiger partial charge in [-0.2, -0.15) is 0 Å². The van der Waals surface area contributed by atoms with Gasteiger partial charge in [0.05, 0.1) is 13.1 Å². The summed E-state index contributed by atoms with van der Waals surface area (Å²) in [6, 6.07) is 0. The molecule has 0 spiro atoms. The molecule has 0 heterocycles. The normalized spacial score (nSPS) is 11.0. The predicted octanol–water partition coefficient (Wildman–Crippen LogP) is 11.2. The molecular weight excluding hydrogens is 630 g/mol. The number of hydrogen-bond acceptors (Lipinski definition) is 7. The molecule has 1 amide bonds. The molecule has 50 heavy (non-hydrogen) atoms. The zero-order valence-corrected chi connectivity index (χ0v) is 33.1. The summed E-state index contributed by atoms with van der Waals surface area (Å²) in [5.74, 6) is -1.28. The molecule has 0 aromatic heterocycles. The third-order valence-corrected chi connectivity index (χ3v) is 9.41. The minimum absolute atomic E-state index is 0.0563. The lowest BCUT2D eigenvalue weighted by atomic mass is 10.1. The molecule has 8 nitrogen and oxygen atoms in total. The van der Waals surface area contributed by atoms with Gasteiger partial charge in [0.25, 0.3) is 5.91 Å². The second kappa shape index (κ2) is 38.1. The highest BCUT2D eigenvalue weighted by Crippen LogP contribution is 2.13. The number of unbranched alkanes of at least 4 members (excludes halogenated alkanes) is 24. The average molecular weight is 710 g/mol. The summed E-state index contributed by atoms with van der Waals surface area (Å²) >= 11 is 0. The van der Waals surface area contributed by atoms with E-state index >= 15 is 0 Å². The summed E-state index contributed by atoms with van der Waals surface area (Å²) in [6.45, 7) is 6.74. The van der Waals surface area contributed by atoms with Gasteiger partial charge in [-0.1, -0.05) is 175 Å². The second-order valence-corrected chi connectivity index (χ2v) is 14.2. The molecule has 0 saturated heterocycles. The van der Waals surface area contributed by atoms with Crippen LogP contribution in [0.5, 0.6) is 0 Å². The number of esters is 3. The standard InChI is InChI=1S/C42H79NO7/c1-4-7-10-13-16-19-22-25-28-31-40(45)48-36-34-43(35-37-49-41(46)32-29-26-23-20-17-14-11-8-5-2)39(44)38-50-42(47)33-30-27-24-21-18-15-12-9-6-3/h4-38H2,1-3H3. The first-order valence-corrected chi connectivity index (χ1v) is 21.2. The van der Waals surface area contributed by atoms with E-state index in [0.717, 1.165) is 57.8 Å². The van der Waals surface area contributed by atoms with Crippen molar-refractivity contribution >= 4 is 23.8 Å². The van der Waals surface area contributed by atoms with Crippen molar-refractivity contribution in [2.75, 3.05) is 32.9 Å². The highest BCUT2D eigenvalue weighted by Gasteiger charge is 2.17. The number of ether oxygens (including phenoxy) is 3. The fourth-order valence-corrected chi connectivity index (χ4v) is 6.09. The van der Waals surface area contributed by atoms with Gasteiger partial charge in [-0.25, -0.2) is 0 Å². The van der Waals surface area contributed by atoms with Crippen LogP contribution in [0, 0.1) is 0 Å². The largest absolute Gasteiger partial charge is 0.464 e. The van der Waals surface area contributed by atoms with E-state index in [2.05, 4.69) is 20.8 Å². The van der Waals surface area contributed by atoms with Crippen LogP contribution in [0.2, 0.25) is 0 Å². The molecule has 0 atom stereocenters. The van der Waals surface area contributed by atoms with Crippen LogP contribution in [0.25, 0.3) is 0 Å². The van der Waals surface area contributed by atoms with Crippen LogP contribution in [0.4, 0.5) is 0 Å². The summed E-state index contributed by atoms with van der Waals surface area (Å²) in [5.41, 5.74) is 0. The Morgan fingerprint density at radius 1 is 0.360 bits per heavy atom. The lowest BCUT2D eigenvalue weighted by Gasteiger charge is -2.22. The Morgan fingerprint density at radius 3 is 0.920 bits per heavy atom. The summed E-state index contributed by atoms with van der Waals surface area (Å²) in [7, 11) is 0. The van der Waals surface area contributed by atoms with Crippen LogP contribution >= 0.6 is 0 Å². The van der Waals surface area contributed by atoms with Gasteiger partial charge in [0.2, 0.25) is 0 Å². The zero-order valence-electron chi connectivity index (χ0n) is 33.1. The van der Waals surface area contributed by atoms with Gasteiger partial charge in [0.15, 0.2) is 6.61 Å². The van der Waals surface area contributed by atoms with E-state index in [4.69, 9.17) is 14.2 Å². The van der Waals surface area contributed by atoms with Crippen molar-refractivity contribution in [1.82, 2.24) is 4.90 Å². The van der Waals surface area contributed by atoms with Crippen LogP contribution in [-0.4, -0.2) is 61.6 Å². The van der Waals surface area contributed by atoms with Gasteiger partial charge in [-0.05, 0) is 19.3 Å². The summed E-state index contributed by atoms with van der Waals surface area (Å²) in [6.07, 6.45) is 32.7. The lowest BCUT2D eigenvalue weighted by molar-refractivity contribution is -0.154. The molecule has 0 aromatic carbocycles. The molecule has 0 N–H and O–H groups in total. The van der Waals surface area contributed by atoms with E-state index < -0.39 is 0 Å². The quantitative estimate of drug-likeness (QED) is 0.0357. The lowest BCUT2D eigenvalue weighted by Crippen LogP contribution is -2.40. The van der Waals surface area contributed by atoms with Crippen molar-refractivity contribution in [1.29, 1.82) is 0 Å². The van der Waals surface area contributed by atoms with E-state index in [-0.39, 0.29) is 56.7 Å². The van der Waals surface area contributed by atoms with Crippen molar-refractivity contribution in [2.45, 2.75) is 213 Å². The SMILES string of the molecule is CCCCCCCCCCCC(=O)OCCN(CCOC(=O)CCCCCCCCCCC)C(=O)COC(=O)CCCCCCCCCCC. The van der Waals surface area contributed by atoms with Crippen LogP contribution < -0.4 is 0 Å². The number of amides is 1. The van der Waals surface area contributed by atoms with Crippen molar-refractivity contribution in [2.24, 2.45) is 0 Å². The Bertz CT molecular complexity index is 763. The third-order valence-electron chi connectivity index (χ3n) is 9.41. The molecule has 0 rings (SSSR count). The summed E-state index contributed by atoms with van der Waals surface area (Å²) in [4.78, 5) is 51.4. The Labute approximate surface area is 307 Å². The van der Waals surface area contributed by atoms with Gasteiger partial charge >= 0.3 is 17.9 Å². The first kappa shape index (κ1) is 47.9. The maximum Gasteiger partial charge on any atom is 0.306 e. The number of rotatable bonds is 38. The monoisotopic (exact) mass is 710 g/mol. The van der Waals surface area contributed by atoms with Crippen molar-refractivity contribution in [3.05, 3.63) is 0 Å². The third kappa shape index (κ3) is 34.3. The second-order valence-electron chi connectivity index (χ2n) is 14.2. The minimum Gasteiger partial charge on any atom is -0.464 e. The van der Waals surface area contributed by atoms with Crippen molar-refractivity contribution in [3.8, 4) is 0 Å². The molecule has 0 unspecified atom stereocenters. The average Bonchev–Trinajstić information content (AvgIpc) is 3.11. The molecule has 0 aliphatic rings. The molecule has 0 aliphatic heterocycles. The highest BCUT2D eigenvalue weighted by molar-refractivity contribution is 5.80. The molecular formula is C42H79NO7. The summed E-state index contributed by atoms with van der Waals surface area (Å²) < 4.78 is 16.1.